The van der Waals surface area contributed by atoms with Crippen LogP contribution in [-0.2, 0) is 6.42 Å². The van der Waals surface area contributed by atoms with Crippen molar-refractivity contribution < 1.29 is 4.39 Å². The molecule has 0 amide bonds. The summed E-state index contributed by atoms with van der Waals surface area (Å²) in [5, 5.41) is 3.87. The minimum Gasteiger partial charge on any atom is -0.313 e. The fourth-order valence-corrected chi connectivity index (χ4v) is 3.35. The molecule has 0 spiro atoms. The van der Waals surface area contributed by atoms with Crippen molar-refractivity contribution in [2.45, 2.75) is 12.5 Å². The molecule has 0 aliphatic heterocycles. The van der Waals surface area contributed by atoms with E-state index in [9.17, 15) is 4.39 Å². The van der Waals surface area contributed by atoms with E-state index >= 15 is 0 Å². The van der Waals surface area contributed by atoms with Gasteiger partial charge in [0.1, 0.15) is 5.82 Å². The summed E-state index contributed by atoms with van der Waals surface area (Å²) >= 11 is 11.9. The van der Waals surface area contributed by atoms with Crippen LogP contribution in [0.25, 0.3) is 0 Å². The number of likely N-dealkylation sites (N-methyl/N-ethyl adjacent to an activating group) is 1. The second-order valence-corrected chi connectivity index (χ2v) is 6.93. The molecule has 0 fully saturated rings. The van der Waals surface area contributed by atoms with Crippen molar-refractivity contribution >= 4 is 50.1 Å². The molecule has 2 aromatic carbocycles. The molecule has 1 nitrogen and oxygen atoms in total. The standard InChI is InChI=1S/C15H13BrClFIN/c1-20-15(12-8-10(16)2-5-14(12)19)7-9-6-11(18)3-4-13(9)17/h2-6,8,15,20H,7H2,1H3. The molecule has 5 heteroatoms. The fraction of sp³-hybridized carbons (Fsp3) is 0.200. The van der Waals surface area contributed by atoms with Crippen molar-refractivity contribution in [3.63, 3.8) is 0 Å². The SMILES string of the molecule is CNC(Cc1cc(F)ccc1Cl)c1cc(Br)ccc1I. The van der Waals surface area contributed by atoms with Gasteiger partial charge in [0.05, 0.1) is 0 Å². The summed E-state index contributed by atoms with van der Waals surface area (Å²) in [5.74, 6) is -0.261. The zero-order valence-corrected chi connectivity index (χ0v) is 15.3. The Labute approximate surface area is 145 Å². The third-order valence-corrected chi connectivity index (χ3v) is 4.96. The van der Waals surface area contributed by atoms with Gasteiger partial charge in [-0.05, 0) is 83.6 Å². The van der Waals surface area contributed by atoms with E-state index in [2.05, 4.69) is 56.0 Å². The van der Waals surface area contributed by atoms with Crippen LogP contribution in [0.1, 0.15) is 17.2 Å². The first-order valence-corrected chi connectivity index (χ1v) is 8.32. The molecule has 0 saturated carbocycles. The highest BCUT2D eigenvalue weighted by molar-refractivity contribution is 14.1. The Bertz CT molecular complexity index is 621. The summed E-state index contributed by atoms with van der Waals surface area (Å²) in [5.41, 5.74) is 1.98. The predicted octanol–water partition coefficient (Wildman–Crippen LogP) is 5.35. The lowest BCUT2D eigenvalue weighted by atomic mass is 9.99. The van der Waals surface area contributed by atoms with Gasteiger partial charge < -0.3 is 5.32 Å². The van der Waals surface area contributed by atoms with Crippen LogP contribution in [-0.4, -0.2) is 7.05 Å². The minimum absolute atomic E-state index is 0.0821. The largest absolute Gasteiger partial charge is 0.313 e. The Morgan fingerprint density at radius 2 is 2.05 bits per heavy atom. The third kappa shape index (κ3) is 3.93. The van der Waals surface area contributed by atoms with Gasteiger partial charge in [-0.1, -0.05) is 27.5 Å². The van der Waals surface area contributed by atoms with Crippen LogP contribution in [0.3, 0.4) is 0 Å². The maximum atomic E-state index is 13.4. The normalized spacial score (nSPS) is 12.4. The van der Waals surface area contributed by atoms with Gasteiger partial charge >= 0.3 is 0 Å². The van der Waals surface area contributed by atoms with Gasteiger partial charge in [-0.25, -0.2) is 4.39 Å². The average molecular weight is 469 g/mol. The van der Waals surface area contributed by atoms with Crippen LogP contribution >= 0.6 is 50.1 Å². The topological polar surface area (TPSA) is 12.0 Å². The maximum Gasteiger partial charge on any atom is 0.123 e. The van der Waals surface area contributed by atoms with Crippen molar-refractivity contribution in [3.8, 4) is 0 Å². The van der Waals surface area contributed by atoms with E-state index in [-0.39, 0.29) is 11.9 Å². The molecule has 1 N–H and O–H groups in total. The molecule has 2 rings (SSSR count). The molecular formula is C15H13BrClFIN. The Morgan fingerprint density at radius 3 is 2.75 bits per heavy atom. The van der Waals surface area contributed by atoms with Crippen molar-refractivity contribution in [2.75, 3.05) is 7.05 Å². The lowest BCUT2D eigenvalue weighted by Crippen LogP contribution is -2.20. The summed E-state index contributed by atoms with van der Waals surface area (Å²) in [6.45, 7) is 0. The van der Waals surface area contributed by atoms with Gasteiger partial charge in [0.25, 0.3) is 0 Å². The minimum atomic E-state index is -0.261. The highest BCUT2D eigenvalue weighted by Gasteiger charge is 2.15. The van der Waals surface area contributed by atoms with E-state index < -0.39 is 0 Å². The van der Waals surface area contributed by atoms with Crippen LogP contribution < -0.4 is 5.32 Å². The van der Waals surface area contributed by atoms with Gasteiger partial charge in [0.2, 0.25) is 0 Å². The molecule has 0 aliphatic rings. The van der Waals surface area contributed by atoms with Crippen molar-refractivity contribution in [3.05, 3.63) is 66.4 Å². The summed E-state index contributed by atoms with van der Waals surface area (Å²) in [6, 6.07) is 10.7. The Morgan fingerprint density at radius 1 is 1.30 bits per heavy atom. The first kappa shape index (κ1) is 16.2. The summed E-state index contributed by atoms with van der Waals surface area (Å²) in [7, 11) is 1.90. The Hall–Kier alpha value is -0.170. The monoisotopic (exact) mass is 467 g/mol. The summed E-state index contributed by atoms with van der Waals surface area (Å²) in [4.78, 5) is 0. The second-order valence-electron chi connectivity index (χ2n) is 4.45. The molecule has 0 saturated heterocycles. The van der Waals surface area contributed by atoms with E-state index in [0.29, 0.717) is 11.4 Å². The zero-order chi connectivity index (χ0) is 14.7. The lowest BCUT2D eigenvalue weighted by Gasteiger charge is -2.19. The molecule has 2 aromatic rings. The highest BCUT2D eigenvalue weighted by atomic mass is 127. The van der Waals surface area contributed by atoms with Gasteiger partial charge in [-0.2, -0.15) is 0 Å². The quantitative estimate of drug-likeness (QED) is 0.597. The fourth-order valence-electron chi connectivity index (χ4n) is 2.07. The van der Waals surface area contributed by atoms with Crippen molar-refractivity contribution in [1.29, 1.82) is 0 Å². The van der Waals surface area contributed by atoms with Crippen LogP contribution in [0.15, 0.2) is 40.9 Å². The zero-order valence-electron chi connectivity index (χ0n) is 10.8. The molecule has 0 heterocycles. The van der Waals surface area contributed by atoms with E-state index in [4.69, 9.17) is 11.6 Å². The number of halogens is 4. The molecular weight excluding hydrogens is 455 g/mol. The number of hydrogen-bond acceptors (Lipinski definition) is 1. The lowest BCUT2D eigenvalue weighted by molar-refractivity contribution is 0.582. The van der Waals surface area contributed by atoms with E-state index in [1.807, 2.05) is 13.1 Å². The van der Waals surface area contributed by atoms with Crippen molar-refractivity contribution in [2.24, 2.45) is 0 Å². The average Bonchev–Trinajstić information content (AvgIpc) is 2.42. The Balaban J connectivity index is 2.33. The molecule has 0 bridgehead atoms. The second kappa shape index (κ2) is 7.20. The van der Waals surface area contributed by atoms with Crippen molar-refractivity contribution in [1.82, 2.24) is 5.32 Å². The number of hydrogen-bond donors (Lipinski definition) is 1. The number of rotatable bonds is 4. The smallest absolute Gasteiger partial charge is 0.123 e. The number of nitrogens with one attached hydrogen (secondary N) is 1. The van der Waals surface area contributed by atoms with Crippen LogP contribution in [0, 0.1) is 9.39 Å². The van der Waals surface area contributed by atoms with E-state index in [1.54, 1.807) is 6.07 Å². The molecule has 0 aliphatic carbocycles. The Kier molecular flexibility index (Phi) is 5.84. The summed E-state index contributed by atoms with van der Waals surface area (Å²) < 4.78 is 15.6. The first-order chi connectivity index (χ1) is 9.51. The van der Waals surface area contributed by atoms with E-state index in [0.717, 1.165) is 13.6 Å². The predicted molar refractivity (Wildman–Crippen MR) is 93.8 cm³/mol. The highest BCUT2D eigenvalue weighted by Crippen LogP contribution is 2.29. The van der Waals surface area contributed by atoms with Crippen LogP contribution in [0.4, 0.5) is 4.39 Å². The van der Waals surface area contributed by atoms with Gasteiger partial charge in [0, 0.05) is 19.1 Å². The molecule has 1 atom stereocenters. The van der Waals surface area contributed by atoms with Gasteiger partial charge in [0.15, 0.2) is 0 Å². The van der Waals surface area contributed by atoms with Gasteiger partial charge in [-0.15, -0.1) is 0 Å². The number of benzene rings is 2. The molecule has 20 heavy (non-hydrogen) atoms. The van der Waals surface area contributed by atoms with Crippen LogP contribution in [0.2, 0.25) is 5.02 Å². The summed E-state index contributed by atoms with van der Waals surface area (Å²) in [6.07, 6.45) is 0.638. The maximum absolute atomic E-state index is 13.4. The van der Waals surface area contributed by atoms with E-state index in [1.165, 1.54) is 17.7 Å². The van der Waals surface area contributed by atoms with Crippen LogP contribution in [0.5, 0.6) is 0 Å². The first-order valence-electron chi connectivity index (χ1n) is 6.07. The molecule has 0 radical (unpaired) electrons. The molecule has 1 unspecified atom stereocenters. The third-order valence-electron chi connectivity index (χ3n) is 3.11. The molecule has 106 valence electrons. The molecule has 0 aromatic heterocycles. The van der Waals surface area contributed by atoms with Gasteiger partial charge in [-0.3, -0.25) is 0 Å².